The minimum Gasteiger partial charge on any atom is -0.486 e. The third-order valence-electron chi connectivity index (χ3n) is 4.76. The van der Waals surface area contributed by atoms with Crippen LogP contribution < -0.4 is 19.1 Å². The van der Waals surface area contributed by atoms with Gasteiger partial charge >= 0.3 is 0 Å². The van der Waals surface area contributed by atoms with Crippen LogP contribution in [0.25, 0.3) is 0 Å². The Hall–Kier alpha value is -3.34. The first kappa shape index (κ1) is 22.3. The number of nitro groups is 1. The van der Waals surface area contributed by atoms with Gasteiger partial charge in [0.1, 0.15) is 13.2 Å². The number of anilines is 2. The third kappa shape index (κ3) is 5.43. The Morgan fingerprint density at radius 2 is 1.90 bits per heavy atom. The van der Waals surface area contributed by atoms with E-state index in [4.69, 9.17) is 9.47 Å². The summed E-state index contributed by atoms with van der Waals surface area (Å²) in [5.74, 6) is 0.658. The van der Waals surface area contributed by atoms with Crippen LogP contribution in [0.15, 0.2) is 36.4 Å². The van der Waals surface area contributed by atoms with Crippen molar-refractivity contribution in [3.05, 3.63) is 52.1 Å². The summed E-state index contributed by atoms with van der Waals surface area (Å²) in [6.07, 6.45) is 1.39. The lowest BCUT2D eigenvalue weighted by Gasteiger charge is -2.25. The normalized spacial score (nSPS) is 12.8. The lowest BCUT2D eigenvalue weighted by molar-refractivity contribution is -0.385. The van der Waals surface area contributed by atoms with E-state index in [1.54, 1.807) is 31.2 Å². The van der Waals surface area contributed by atoms with Gasteiger partial charge < -0.3 is 14.8 Å². The molecule has 1 N–H and O–H groups in total. The Morgan fingerprint density at radius 1 is 1.19 bits per heavy atom. The fourth-order valence-corrected chi connectivity index (χ4v) is 4.18. The summed E-state index contributed by atoms with van der Waals surface area (Å²) in [5, 5.41) is 13.7. The summed E-state index contributed by atoms with van der Waals surface area (Å²) < 4.78 is 36.8. The molecule has 0 aromatic heterocycles. The maximum Gasteiger partial charge on any atom is 0.274 e. The van der Waals surface area contributed by atoms with Crippen molar-refractivity contribution in [3.63, 3.8) is 0 Å². The minimum absolute atomic E-state index is 0.0404. The topological polar surface area (TPSA) is 128 Å². The average molecular weight is 449 g/mol. The summed E-state index contributed by atoms with van der Waals surface area (Å²) >= 11 is 0. The first-order valence-electron chi connectivity index (χ1n) is 9.58. The number of rotatable bonds is 8. The number of sulfonamides is 1. The zero-order chi connectivity index (χ0) is 22.6. The average Bonchev–Trinajstić information content (AvgIpc) is 2.71. The fraction of sp³-hybridized carbons (Fsp3) is 0.350. The van der Waals surface area contributed by atoms with Crippen molar-refractivity contribution in [3.8, 4) is 11.5 Å². The van der Waals surface area contributed by atoms with Gasteiger partial charge in [-0.05, 0) is 31.5 Å². The first-order chi connectivity index (χ1) is 14.7. The highest BCUT2D eigenvalue weighted by molar-refractivity contribution is 7.92. The summed E-state index contributed by atoms with van der Waals surface area (Å²) in [7, 11) is -3.59. The van der Waals surface area contributed by atoms with Crippen molar-refractivity contribution >= 4 is 33.0 Å². The maximum atomic E-state index is 12.3. The predicted molar refractivity (Wildman–Crippen MR) is 115 cm³/mol. The molecule has 3 rings (SSSR count). The third-order valence-corrected chi connectivity index (χ3v) is 5.95. The van der Waals surface area contributed by atoms with Crippen LogP contribution >= 0.6 is 0 Å². The Morgan fingerprint density at radius 3 is 2.58 bits per heavy atom. The number of amides is 1. The van der Waals surface area contributed by atoms with E-state index in [1.807, 2.05) is 0 Å². The number of nitro benzene ring substituents is 1. The van der Waals surface area contributed by atoms with Crippen LogP contribution in [0.4, 0.5) is 17.1 Å². The van der Waals surface area contributed by atoms with E-state index in [2.05, 4.69) is 5.32 Å². The van der Waals surface area contributed by atoms with Gasteiger partial charge in [0.05, 0.1) is 28.1 Å². The molecule has 10 nitrogen and oxygen atoms in total. The van der Waals surface area contributed by atoms with Gasteiger partial charge in [0, 0.05) is 25.1 Å². The molecule has 31 heavy (non-hydrogen) atoms. The number of nitrogens with zero attached hydrogens (tertiary/aromatic N) is 2. The summed E-state index contributed by atoms with van der Waals surface area (Å²) in [6, 6.07) is 9.32. The lowest BCUT2D eigenvalue weighted by Crippen LogP contribution is -2.31. The van der Waals surface area contributed by atoms with Crippen LogP contribution in [-0.2, 0) is 14.8 Å². The van der Waals surface area contributed by atoms with Gasteiger partial charge in [-0.1, -0.05) is 6.07 Å². The molecule has 1 amide bonds. The van der Waals surface area contributed by atoms with Crippen LogP contribution in [0.1, 0.15) is 18.4 Å². The van der Waals surface area contributed by atoms with Gasteiger partial charge in [-0.25, -0.2) is 8.42 Å². The van der Waals surface area contributed by atoms with E-state index < -0.39 is 14.9 Å². The highest BCUT2D eigenvalue weighted by Gasteiger charge is 2.21. The van der Waals surface area contributed by atoms with Crippen molar-refractivity contribution in [1.29, 1.82) is 0 Å². The zero-order valence-electron chi connectivity index (χ0n) is 17.2. The number of hydrogen-bond donors (Lipinski definition) is 1. The smallest absolute Gasteiger partial charge is 0.274 e. The van der Waals surface area contributed by atoms with Gasteiger partial charge in [-0.3, -0.25) is 19.2 Å². The second-order valence-electron chi connectivity index (χ2n) is 7.02. The molecule has 0 saturated heterocycles. The van der Waals surface area contributed by atoms with Crippen LogP contribution in [0.2, 0.25) is 0 Å². The Kier molecular flexibility index (Phi) is 6.64. The van der Waals surface area contributed by atoms with E-state index in [0.717, 1.165) is 6.26 Å². The van der Waals surface area contributed by atoms with Crippen molar-refractivity contribution in [2.45, 2.75) is 19.8 Å². The van der Waals surface area contributed by atoms with Crippen LogP contribution in [0.3, 0.4) is 0 Å². The van der Waals surface area contributed by atoms with E-state index >= 15 is 0 Å². The maximum absolute atomic E-state index is 12.3. The van der Waals surface area contributed by atoms with Crippen molar-refractivity contribution in [2.24, 2.45) is 0 Å². The lowest BCUT2D eigenvalue weighted by atomic mass is 10.1. The van der Waals surface area contributed by atoms with Gasteiger partial charge in [0.25, 0.3) is 5.69 Å². The van der Waals surface area contributed by atoms with Gasteiger partial charge in [0.2, 0.25) is 15.9 Å². The molecule has 166 valence electrons. The van der Waals surface area contributed by atoms with Crippen molar-refractivity contribution < 1.29 is 27.6 Å². The number of ether oxygens (including phenoxy) is 2. The quantitative estimate of drug-likeness (QED) is 0.485. The molecule has 1 aliphatic heterocycles. The van der Waals surface area contributed by atoms with Crippen LogP contribution in [0.5, 0.6) is 11.5 Å². The molecule has 0 atom stereocenters. The second kappa shape index (κ2) is 9.21. The van der Waals surface area contributed by atoms with Gasteiger partial charge in [-0.15, -0.1) is 0 Å². The molecule has 0 fully saturated rings. The molecule has 1 aliphatic rings. The Labute approximate surface area is 180 Å². The largest absolute Gasteiger partial charge is 0.486 e. The second-order valence-corrected chi connectivity index (χ2v) is 8.93. The number of nitrogens with one attached hydrogen (secondary N) is 1. The summed E-state index contributed by atoms with van der Waals surface area (Å²) in [5.41, 5.74) is 1.04. The highest BCUT2D eigenvalue weighted by atomic mass is 32.2. The number of hydrogen-bond acceptors (Lipinski definition) is 7. The SMILES string of the molecule is Cc1c(NC(=O)CCCN(c2ccc3c(c2)OCCO3)S(C)(=O)=O)cccc1[N+](=O)[O-]. The van der Waals surface area contributed by atoms with Gasteiger partial charge in [0.15, 0.2) is 11.5 Å². The molecule has 0 bridgehead atoms. The molecule has 1 heterocycles. The summed E-state index contributed by atoms with van der Waals surface area (Å²) in [4.78, 5) is 22.8. The van der Waals surface area contributed by atoms with E-state index in [-0.39, 0.29) is 31.0 Å². The van der Waals surface area contributed by atoms with Crippen LogP contribution in [-0.4, -0.2) is 45.3 Å². The van der Waals surface area contributed by atoms with E-state index in [1.165, 1.54) is 16.4 Å². The summed E-state index contributed by atoms with van der Waals surface area (Å²) in [6.45, 7) is 2.45. The molecule has 2 aromatic rings. The number of carbonyl (C=O) groups excluding carboxylic acids is 1. The molecule has 0 spiro atoms. The molecule has 0 unspecified atom stereocenters. The number of benzene rings is 2. The Balaban J connectivity index is 1.65. The van der Waals surface area contributed by atoms with Crippen LogP contribution in [0, 0.1) is 17.0 Å². The van der Waals surface area contributed by atoms with Crippen molar-refractivity contribution in [1.82, 2.24) is 0 Å². The van der Waals surface area contributed by atoms with E-state index in [0.29, 0.717) is 41.7 Å². The molecule has 0 aliphatic carbocycles. The number of fused-ring (bicyclic) bond motifs is 1. The standard InChI is InChI=1S/C20H23N3O7S/c1-14-16(5-3-6-17(14)23(25)26)21-20(24)7-4-10-22(31(2,27)28)15-8-9-18-19(13-15)30-12-11-29-18/h3,5-6,8-9,13H,4,7,10-12H2,1-2H3,(H,21,24). The number of carbonyl (C=O) groups is 1. The molecular formula is C20H23N3O7S. The van der Waals surface area contributed by atoms with Crippen molar-refractivity contribution in [2.75, 3.05) is 35.6 Å². The molecule has 2 aromatic carbocycles. The van der Waals surface area contributed by atoms with Gasteiger partial charge in [-0.2, -0.15) is 0 Å². The molecule has 11 heteroatoms. The highest BCUT2D eigenvalue weighted by Crippen LogP contribution is 2.34. The minimum atomic E-state index is -3.59. The molecule has 0 saturated carbocycles. The first-order valence-corrected chi connectivity index (χ1v) is 11.4. The monoisotopic (exact) mass is 449 g/mol. The zero-order valence-corrected chi connectivity index (χ0v) is 18.0. The molecule has 0 radical (unpaired) electrons. The molecular weight excluding hydrogens is 426 g/mol. The fourth-order valence-electron chi connectivity index (χ4n) is 3.23. The van der Waals surface area contributed by atoms with E-state index in [9.17, 15) is 23.3 Å². The predicted octanol–water partition coefficient (Wildman–Crippen LogP) is 2.86. The Bertz CT molecular complexity index is 1100.